The fourth-order valence-electron chi connectivity index (χ4n) is 2.89. The van der Waals surface area contributed by atoms with E-state index >= 15 is 0 Å². The lowest BCUT2D eigenvalue weighted by molar-refractivity contribution is -0.121. The van der Waals surface area contributed by atoms with Gasteiger partial charge < -0.3 is 25.6 Å². The first kappa shape index (κ1) is 23.8. The van der Waals surface area contributed by atoms with E-state index in [1.54, 1.807) is 4.90 Å². The van der Waals surface area contributed by atoms with E-state index in [-0.39, 0.29) is 42.0 Å². The fraction of sp³-hybridized carbons (Fsp3) is 0.833. The van der Waals surface area contributed by atoms with Gasteiger partial charge in [0.25, 0.3) is 0 Å². The van der Waals surface area contributed by atoms with Crippen molar-refractivity contribution in [1.29, 1.82) is 0 Å². The van der Waals surface area contributed by atoms with Crippen molar-refractivity contribution in [2.45, 2.75) is 64.5 Å². The van der Waals surface area contributed by atoms with Crippen molar-refractivity contribution in [3.8, 4) is 0 Å². The second-order valence-electron chi connectivity index (χ2n) is 6.81. The normalized spacial score (nSPS) is 17.7. The van der Waals surface area contributed by atoms with Crippen LogP contribution in [0.2, 0.25) is 0 Å². The number of ether oxygens (including phenoxy) is 1. The Morgan fingerprint density at radius 1 is 1.07 bits per heavy atom. The summed E-state index contributed by atoms with van der Waals surface area (Å²) in [7, 11) is 0. The van der Waals surface area contributed by atoms with Gasteiger partial charge in [0.05, 0.1) is 6.61 Å². The molecule has 1 heterocycles. The van der Waals surface area contributed by atoms with E-state index in [0.29, 0.717) is 38.7 Å². The lowest BCUT2D eigenvalue weighted by Gasteiger charge is -2.32. The summed E-state index contributed by atoms with van der Waals surface area (Å²) in [6.45, 7) is 7.05. The molecule has 1 saturated carbocycles. The number of nitrogens with one attached hydrogen (secondary N) is 3. The number of guanidine groups is 1. The third-order valence-electron chi connectivity index (χ3n) is 4.48. The smallest absolute Gasteiger partial charge is 0.409 e. The molecule has 1 aliphatic heterocycles. The molecule has 0 aromatic rings. The first-order chi connectivity index (χ1) is 12.6. The van der Waals surface area contributed by atoms with Crippen molar-refractivity contribution < 1.29 is 14.3 Å². The van der Waals surface area contributed by atoms with Crippen molar-refractivity contribution in [3.05, 3.63) is 0 Å². The Bertz CT molecular complexity index is 491. The second kappa shape index (κ2) is 13.0. The average molecular weight is 495 g/mol. The van der Waals surface area contributed by atoms with E-state index in [1.165, 1.54) is 0 Å². The standard InChI is InChI=1S/C18H33N5O3.HI/c1-3-19-17(20-11-5-6-16(24)21-14-7-8-14)22-15-9-12-23(13-10-15)18(25)26-4-2;/h14-15H,3-13H2,1-2H3,(H,21,24)(H2,19,20,22);1H. The largest absolute Gasteiger partial charge is 0.450 e. The monoisotopic (exact) mass is 495 g/mol. The lowest BCUT2D eigenvalue weighted by Crippen LogP contribution is -2.49. The van der Waals surface area contributed by atoms with Crippen LogP contribution in [0.15, 0.2) is 4.99 Å². The Morgan fingerprint density at radius 2 is 1.74 bits per heavy atom. The molecule has 8 nitrogen and oxygen atoms in total. The number of rotatable bonds is 8. The molecule has 0 bridgehead atoms. The Hall–Kier alpha value is -1.26. The number of hydrogen-bond acceptors (Lipinski definition) is 4. The molecule has 1 aliphatic carbocycles. The lowest BCUT2D eigenvalue weighted by atomic mass is 10.1. The van der Waals surface area contributed by atoms with Gasteiger partial charge in [0.1, 0.15) is 0 Å². The topological polar surface area (TPSA) is 95.1 Å². The van der Waals surface area contributed by atoms with Crippen LogP contribution in [0, 0.1) is 0 Å². The number of piperidine rings is 1. The van der Waals surface area contributed by atoms with Crippen LogP contribution < -0.4 is 16.0 Å². The van der Waals surface area contributed by atoms with Gasteiger partial charge in [-0.25, -0.2) is 4.79 Å². The van der Waals surface area contributed by atoms with Gasteiger partial charge in [0.2, 0.25) is 5.91 Å². The summed E-state index contributed by atoms with van der Waals surface area (Å²) in [5, 5.41) is 9.68. The Labute approximate surface area is 179 Å². The van der Waals surface area contributed by atoms with Crippen molar-refractivity contribution in [1.82, 2.24) is 20.9 Å². The summed E-state index contributed by atoms with van der Waals surface area (Å²) < 4.78 is 5.05. The minimum atomic E-state index is -0.226. The van der Waals surface area contributed by atoms with Gasteiger partial charge in [0.15, 0.2) is 5.96 Å². The van der Waals surface area contributed by atoms with Crippen LogP contribution in [0.5, 0.6) is 0 Å². The number of carbonyl (C=O) groups excluding carboxylic acids is 2. The van der Waals surface area contributed by atoms with E-state index in [2.05, 4.69) is 20.9 Å². The first-order valence-corrected chi connectivity index (χ1v) is 9.88. The minimum Gasteiger partial charge on any atom is -0.450 e. The Morgan fingerprint density at radius 3 is 2.33 bits per heavy atom. The molecule has 2 aliphatic rings. The zero-order valence-electron chi connectivity index (χ0n) is 16.5. The zero-order chi connectivity index (χ0) is 18.8. The van der Waals surface area contributed by atoms with Crippen LogP contribution in [0.25, 0.3) is 0 Å². The fourth-order valence-corrected chi connectivity index (χ4v) is 2.89. The molecule has 0 unspecified atom stereocenters. The number of hydrogen-bond donors (Lipinski definition) is 3. The Kier molecular flexibility index (Phi) is 11.5. The Balaban J connectivity index is 0.00000364. The van der Waals surface area contributed by atoms with Gasteiger partial charge in [-0.3, -0.25) is 9.79 Å². The molecule has 0 aromatic carbocycles. The molecule has 2 fully saturated rings. The molecule has 9 heteroatoms. The highest BCUT2D eigenvalue weighted by atomic mass is 127. The number of likely N-dealkylation sites (tertiary alicyclic amines) is 1. The van der Waals surface area contributed by atoms with Gasteiger partial charge in [-0.1, -0.05) is 0 Å². The highest BCUT2D eigenvalue weighted by molar-refractivity contribution is 14.0. The molecular formula is C18H34IN5O3. The van der Waals surface area contributed by atoms with Gasteiger partial charge >= 0.3 is 6.09 Å². The molecule has 0 aromatic heterocycles. The summed E-state index contributed by atoms with van der Waals surface area (Å²) >= 11 is 0. The molecular weight excluding hydrogens is 461 g/mol. The quantitative estimate of drug-likeness (QED) is 0.207. The molecule has 3 N–H and O–H groups in total. The summed E-state index contributed by atoms with van der Waals surface area (Å²) in [6, 6.07) is 0.710. The molecule has 2 amide bonds. The number of amides is 2. The highest BCUT2D eigenvalue weighted by Gasteiger charge is 2.24. The molecule has 0 radical (unpaired) electrons. The molecule has 2 rings (SSSR count). The number of nitrogens with zero attached hydrogens (tertiary/aromatic N) is 2. The van der Waals surface area contributed by atoms with Crippen molar-refractivity contribution >= 4 is 41.9 Å². The van der Waals surface area contributed by atoms with Crippen molar-refractivity contribution in [2.75, 3.05) is 32.8 Å². The van der Waals surface area contributed by atoms with Crippen molar-refractivity contribution in [3.63, 3.8) is 0 Å². The van der Waals surface area contributed by atoms with E-state index in [1.807, 2.05) is 13.8 Å². The van der Waals surface area contributed by atoms with Crippen LogP contribution in [0.3, 0.4) is 0 Å². The molecule has 156 valence electrons. The number of aliphatic imine (C=N–C) groups is 1. The number of halogens is 1. The third-order valence-corrected chi connectivity index (χ3v) is 4.48. The van der Waals surface area contributed by atoms with Crippen LogP contribution in [0.4, 0.5) is 4.79 Å². The second-order valence-corrected chi connectivity index (χ2v) is 6.81. The van der Waals surface area contributed by atoms with Gasteiger partial charge in [-0.2, -0.15) is 0 Å². The summed E-state index contributed by atoms with van der Waals surface area (Å²) in [5.41, 5.74) is 0. The summed E-state index contributed by atoms with van der Waals surface area (Å²) in [5.74, 6) is 0.914. The molecule has 1 saturated heterocycles. The van der Waals surface area contributed by atoms with Gasteiger partial charge in [-0.05, 0) is 46.0 Å². The predicted molar refractivity (Wildman–Crippen MR) is 117 cm³/mol. The molecule has 0 atom stereocenters. The van der Waals surface area contributed by atoms with E-state index in [0.717, 1.165) is 44.6 Å². The van der Waals surface area contributed by atoms with Gasteiger partial charge in [0, 0.05) is 44.7 Å². The maximum Gasteiger partial charge on any atom is 0.409 e. The first-order valence-electron chi connectivity index (χ1n) is 9.88. The maximum atomic E-state index is 11.7. The third kappa shape index (κ3) is 9.48. The highest BCUT2D eigenvalue weighted by Crippen LogP contribution is 2.18. The average Bonchev–Trinajstić information content (AvgIpc) is 3.43. The van der Waals surface area contributed by atoms with Gasteiger partial charge in [-0.15, -0.1) is 24.0 Å². The predicted octanol–water partition coefficient (Wildman–Crippen LogP) is 1.84. The van der Waals surface area contributed by atoms with E-state index < -0.39 is 0 Å². The molecule has 0 spiro atoms. The number of carbonyl (C=O) groups is 2. The van der Waals surface area contributed by atoms with E-state index in [4.69, 9.17) is 4.74 Å². The van der Waals surface area contributed by atoms with E-state index in [9.17, 15) is 9.59 Å². The van der Waals surface area contributed by atoms with Crippen LogP contribution in [0.1, 0.15) is 52.4 Å². The van der Waals surface area contributed by atoms with Crippen LogP contribution in [-0.2, 0) is 9.53 Å². The van der Waals surface area contributed by atoms with Crippen molar-refractivity contribution in [2.24, 2.45) is 4.99 Å². The zero-order valence-corrected chi connectivity index (χ0v) is 18.8. The van der Waals surface area contributed by atoms with Crippen LogP contribution >= 0.6 is 24.0 Å². The SMILES string of the molecule is CCNC(=NCCCC(=O)NC1CC1)NC1CCN(C(=O)OCC)CC1.I. The van der Waals surface area contributed by atoms with Crippen LogP contribution in [-0.4, -0.2) is 67.7 Å². The summed E-state index contributed by atoms with van der Waals surface area (Å²) in [4.78, 5) is 29.7. The minimum absolute atomic E-state index is 0. The molecule has 27 heavy (non-hydrogen) atoms. The maximum absolute atomic E-state index is 11.7. The summed E-state index contributed by atoms with van der Waals surface area (Å²) in [6.07, 6.45) is 5.02.